The maximum atomic E-state index is 5.80. The predicted octanol–water partition coefficient (Wildman–Crippen LogP) is 1.51. The minimum absolute atomic E-state index is 0.293. The number of anilines is 1. The maximum absolute atomic E-state index is 5.80. The molecule has 0 saturated heterocycles. The van der Waals surface area contributed by atoms with E-state index in [0.29, 0.717) is 17.5 Å². The Bertz CT molecular complexity index is 559. The normalized spacial score (nSPS) is 17.2. The first kappa shape index (κ1) is 11.3. The number of hydrogen-bond donors (Lipinski definition) is 1. The monoisotopic (exact) mass is 247 g/mol. The zero-order valence-electron chi connectivity index (χ0n) is 10.5. The third-order valence-corrected chi connectivity index (χ3v) is 3.60. The Labute approximate surface area is 105 Å². The van der Waals surface area contributed by atoms with Crippen LogP contribution in [0.2, 0.25) is 0 Å². The van der Waals surface area contributed by atoms with Crippen LogP contribution < -0.4 is 10.6 Å². The number of fused-ring (bicyclic) bond motifs is 1. The van der Waals surface area contributed by atoms with Crippen LogP contribution in [0.5, 0.6) is 0 Å². The van der Waals surface area contributed by atoms with E-state index in [4.69, 9.17) is 10.6 Å². The first-order chi connectivity index (χ1) is 8.79. The van der Waals surface area contributed by atoms with Crippen molar-refractivity contribution in [2.24, 2.45) is 0 Å². The van der Waals surface area contributed by atoms with Crippen LogP contribution in [-0.2, 0) is 0 Å². The van der Waals surface area contributed by atoms with E-state index in [1.165, 1.54) is 24.0 Å². The third kappa shape index (κ3) is 1.77. The van der Waals surface area contributed by atoms with Gasteiger partial charge in [0, 0.05) is 5.92 Å². The molecule has 0 atom stereocenters. The standard InChI is InChI=1S/C12H17N5O/c1-18-17-7-14-10-9(8-5-3-2-4-6-8)15-12(13)16-11(10)17/h7-8H,2-6H2,1H3,(H2,13,15,16). The molecule has 0 aliphatic heterocycles. The van der Waals surface area contributed by atoms with Crippen molar-refractivity contribution in [3.8, 4) is 0 Å². The molecule has 0 radical (unpaired) electrons. The minimum atomic E-state index is 0.293. The van der Waals surface area contributed by atoms with Gasteiger partial charge in [-0.3, -0.25) is 0 Å². The van der Waals surface area contributed by atoms with Gasteiger partial charge in [0.2, 0.25) is 11.6 Å². The molecule has 2 heterocycles. The lowest BCUT2D eigenvalue weighted by atomic mass is 9.86. The van der Waals surface area contributed by atoms with Gasteiger partial charge in [-0.1, -0.05) is 19.3 Å². The molecule has 0 spiro atoms. The van der Waals surface area contributed by atoms with Crippen molar-refractivity contribution in [3.63, 3.8) is 0 Å². The summed E-state index contributed by atoms with van der Waals surface area (Å²) in [5.74, 6) is 0.744. The van der Waals surface area contributed by atoms with Crippen LogP contribution in [0.15, 0.2) is 6.33 Å². The van der Waals surface area contributed by atoms with Crippen LogP contribution in [0, 0.1) is 0 Å². The Morgan fingerprint density at radius 2 is 2.06 bits per heavy atom. The molecule has 96 valence electrons. The average molecular weight is 247 g/mol. The molecule has 0 amide bonds. The highest BCUT2D eigenvalue weighted by Gasteiger charge is 2.22. The van der Waals surface area contributed by atoms with Crippen molar-refractivity contribution in [1.82, 2.24) is 19.7 Å². The SMILES string of the molecule is COn1cnc2c(C3CCCCC3)nc(N)nc21. The highest BCUT2D eigenvalue weighted by molar-refractivity contribution is 5.75. The smallest absolute Gasteiger partial charge is 0.222 e. The van der Waals surface area contributed by atoms with Gasteiger partial charge < -0.3 is 10.6 Å². The fourth-order valence-electron chi connectivity index (χ4n) is 2.71. The van der Waals surface area contributed by atoms with Crippen LogP contribution in [0.3, 0.4) is 0 Å². The Kier molecular flexibility index (Phi) is 2.77. The highest BCUT2D eigenvalue weighted by atomic mass is 16.6. The topological polar surface area (TPSA) is 78.8 Å². The summed E-state index contributed by atoms with van der Waals surface area (Å²) >= 11 is 0. The molecule has 6 heteroatoms. The molecule has 0 unspecified atom stereocenters. The summed E-state index contributed by atoms with van der Waals surface area (Å²) < 4.78 is 1.53. The van der Waals surface area contributed by atoms with E-state index < -0.39 is 0 Å². The van der Waals surface area contributed by atoms with Gasteiger partial charge in [0.05, 0.1) is 5.69 Å². The lowest BCUT2D eigenvalue weighted by Crippen LogP contribution is -2.11. The van der Waals surface area contributed by atoms with E-state index >= 15 is 0 Å². The van der Waals surface area contributed by atoms with E-state index in [9.17, 15) is 0 Å². The van der Waals surface area contributed by atoms with Crippen molar-refractivity contribution in [1.29, 1.82) is 0 Å². The average Bonchev–Trinajstić information content (AvgIpc) is 2.81. The number of hydrogen-bond acceptors (Lipinski definition) is 5. The molecule has 6 nitrogen and oxygen atoms in total. The van der Waals surface area contributed by atoms with Crippen molar-refractivity contribution in [3.05, 3.63) is 12.0 Å². The Balaban J connectivity index is 2.12. The maximum Gasteiger partial charge on any atom is 0.222 e. The molecule has 2 N–H and O–H groups in total. The summed E-state index contributed by atoms with van der Waals surface area (Å²) in [5.41, 5.74) is 8.25. The van der Waals surface area contributed by atoms with Gasteiger partial charge in [-0.05, 0) is 12.8 Å². The van der Waals surface area contributed by atoms with Crippen LogP contribution >= 0.6 is 0 Å². The van der Waals surface area contributed by atoms with E-state index in [-0.39, 0.29) is 0 Å². The number of nitrogen functional groups attached to an aromatic ring is 1. The van der Waals surface area contributed by atoms with Gasteiger partial charge in [0.15, 0.2) is 0 Å². The fourth-order valence-corrected chi connectivity index (χ4v) is 2.71. The van der Waals surface area contributed by atoms with Crippen molar-refractivity contribution in [2.75, 3.05) is 12.8 Å². The van der Waals surface area contributed by atoms with Crippen molar-refractivity contribution in [2.45, 2.75) is 38.0 Å². The molecule has 2 aromatic heterocycles. The lowest BCUT2D eigenvalue weighted by molar-refractivity contribution is 0.176. The Morgan fingerprint density at radius 3 is 2.78 bits per heavy atom. The summed E-state index contributed by atoms with van der Waals surface area (Å²) in [6.07, 6.45) is 7.75. The molecule has 0 bridgehead atoms. The fraction of sp³-hybridized carbons (Fsp3) is 0.583. The predicted molar refractivity (Wildman–Crippen MR) is 68.1 cm³/mol. The van der Waals surface area contributed by atoms with Crippen LogP contribution in [0.1, 0.15) is 43.7 Å². The number of rotatable bonds is 2. The summed E-state index contributed by atoms with van der Waals surface area (Å²) in [4.78, 5) is 18.1. The largest absolute Gasteiger partial charge is 0.414 e. The molecule has 3 rings (SSSR count). The van der Waals surface area contributed by atoms with E-state index in [2.05, 4.69) is 15.0 Å². The molecule has 18 heavy (non-hydrogen) atoms. The number of aromatic nitrogens is 4. The zero-order chi connectivity index (χ0) is 12.5. The lowest BCUT2D eigenvalue weighted by Gasteiger charge is -2.21. The number of imidazole rings is 1. The Morgan fingerprint density at radius 1 is 1.28 bits per heavy atom. The van der Waals surface area contributed by atoms with Gasteiger partial charge in [0.1, 0.15) is 19.0 Å². The second-order valence-electron chi connectivity index (χ2n) is 4.73. The summed E-state index contributed by atoms with van der Waals surface area (Å²) in [7, 11) is 1.58. The highest BCUT2D eigenvalue weighted by Crippen LogP contribution is 2.34. The minimum Gasteiger partial charge on any atom is -0.414 e. The van der Waals surface area contributed by atoms with Crippen molar-refractivity contribution < 1.29 is 4.84 Å². The molecule has 0 aromatic carbocycles. The first-order valence-electron chi connectivity index (χ1n) is 6.34. The van der Waals surface area contributed by atoms with Gasteiger partial charge in [0.25, 0.3) is 0 Å². The van der Waals surface area contributed by atoms with E-state index in [1.54, 1.807) is 13.4 Å². The van der Waals surface area contributed by atoms with Gasteiger partial charge in [-0.15, -0.1) is 0 Å². The molecule has 1 aliphatic rings. The quantitative estimate of drug-likeness (QED) is 0.870. The molecule has 1 fully saturated rings. The van der Waals surface area contributed by atoms with E-state index in [1.807, 2.05) is 0 Å². The molecular weight excluding hydrogens is 230 g/mol. The second kappa shape index (κ2) is 4.44. The molecule has 2 aromatic rings. The van der Waals surface area contributed by atoms with Gasteiger partial charge >= 0.3 is 0 Å². The van der Waals surface area contributed by atoms with Crippen LogP contribution in [0.4, 0.5) is 5.95 Å². The molecule has 1 aliphatic carbocycles. The summed E-state index contributed by atoms with van der Waals surface area (Å²) in [6.45, 7) is 0. The summed E-state index contributed by atoms with van der Waals surface area (Å²) in [5, 5.41) is 0. The molecular formula is C12H17N5O. The van der Waals surface area contributed by atoms with Crippen molar-refractivity contribution >= 4 is 17.1 Å². The molecule has 1 saturated carbocycles. The number of nitrogens with zero attached hydrogens (tertiary/aromatic N) is 4. The second-order valence-corrected chi connectivity index (χ2v) is 4.73. The summed E-state index contributed by atoms with van der Waals surface area (Å²) in [6, 6.07) is 0. The third-order valence-electron chi connectivity index (χ3n) is 3.60. The van der Waals surface area contributed by atoms with Gasteiger partial charge in [-0.25, -0.2) is 9.97 Å². The first-order valence-corrected chi connectivity index (χ1v) is 6.34. The Hall–Kier alpha value is -1.85. The van der Waals surface area contributed by atoms with E-state index in [0.717, 1.165) is 24.1 Å². The van der Waals surface area contributed by atoms with Crippen LogP contribution in [0.25, 0.3) is 11.2 Å². The van der Waals surface area contributed by atoms with Gasteiger partial charge in [-0.2, -0.15) is 9.71 Å². The number of nitrogens with two attached hydrogens (primary N) is 1. The van der Waals surface area contributed by atoms with Crippen LogP contribution in [-0.4, -0.2) is 26.8 Å². The zero-order valence-corrected chi connectivity index (χ0v) is 10.5.